The number of aromatic nitrogens is 1. The van der Waals surface area contributed by atoms with Gasteiger partial charge in [-0.3, -0.25) is 4.79 Å². The Morgan fingerprint density at radius 1 is 1.14 bits per heavy atom. The van der Waals surface area contributed by atoms with Crippen LogP contribution in [0, 0.1) is 12.7 Å². The topological polar surface area (TPSA) is 57.3 Å². The second-order valence-corrected chi connectivity index (χ2v) is 7.95. The molecule has 1 aliphatic rings. The third-order valence-corrected chi connectivity index (χ3v) is 5.34. The number of aryl methyl sites for hydroxylation is 1. The van der Waals surface area contributed by atoms with Gasteiger partial charge in [0.2, 0.25) is 0 Å². The summed E-state index contributed by atoms with van der Waals surface area (Å²) in [5, 5.41) is 6.52. The van der Waals surface area contributed by atoms with E-state index >= 15 is 0 Å². The second-order valence-electron chi connectivity index (χ2n) is 7.54. The van der Waals surface area contributed by atoms with Crippen LogP contribution >= 0.6 is 11.6 Å². The Balaban J connectivity index is 1.53. The number of halogens is 2. The molecule has 1 fully saturated rings. The molecule has 1 aliphatic carbocycles. The van der Waals surface area contributed by atoms with E-state index in [1.807, 2.05) is 21.0 Å². The summed E-state index contributed by atoms with van der Waals surface area (Å²) in [5.41, 5.74) is 2.48. The third-order valence-electron chi connectivity index (χ3n) is 5.05. The number of carbonyl (C=O) groups is 1. The Kier molecular flexibility index (Phi) is 6.39. The van der Waals surface area contributed by atoms with Crippen molar-refractivity contribution in [2.45, 2.75) is 44.7 Å². The van der Waals surface area contributed by atoms with Crippen LogP contribution in [0.4, 0.5) is 15.9 Å². The van der Waals surface area contributed by atoms with E-state index in [1.165, 1.54) is 18.2 Å². The molecule has 1 aromatic heterocycles. The Labute approximate surface area is 170 Å². The summed E-state index contributed by atoms with van der Waals surface area (Å²) in [6.45, 7) is 1.99. The number of rotatable bonds is 5. The quantitative estimate of drug-likeness (QED) is 0.775. The van der Waals surface area contributed by atoms with Crippen LogP contribution in [0.15, 0.2) is 30.3 Å². The van der Waals surface area contributed by atoms with Crippen LogP contribution in [0.3, 0.4) is 0 Å². The van der Waals surface area contributed by atoms with Gasteiger partial charge < -0.3 is 15.5 Å². The molecule has 7 heteroatoms. The molecule has 1 aromatic carbocycles. The van der Waals surface area contributed by atoms with Crippen molar-refractivity contribution in [2.24, 2.45) is 0 Å². The van der Waals surface area contributed by atoms with Gasteiger partial charge in [-0.25, -0.2) is 9.37 Å². The minimum Gasteiger partial charge on any atom is -0.377 e. The molecule has 5 nitrogen and oxygen atoms in total. The van der Waals surface area contributed by atoms with E-state index in [9.17, 15) is 9.18 Å². The van der Waals surface area contributed by atoms with Gasteiger partial charge in [0.25, 0.3) is 5.91 Å². The van der Waals surface area contributed by atoms with Gasteiger partial charge in [-0.05, 0) is 56.9 Å². The highest BCUT2D eigenvalue weighted by atomic mass is 35.5. The first-order valence-electron chi connectivity index (χ1n) is 9.50. The van der Waals surface area contributed by atoms with E-state index in [1.54, 1.807) is 0 Å². The van der Waals surface area contributed by atoms with Crippen LogP contribution in [0.25, 0.3) is 0 Å². The molecule has 0 bridgehead atoms. The molecule has 2 aromatic rings. The monoisotopic (exact) mass is 404 g/mol. The lowest BCUT2D eigenvalue weighted by Crippen LogP contribution is -2.40. The van der Waals surface area contributed by atoms with Gasteiger partial charge in [0.05, 0.1) is 5.02 Å². The molecule has 0 atom stereocenters. The molecule has 0 aliphatic heterocycles. The van der Waals surface area contributed by atoms with Crippen molar-refractivity contribution in [2.75, 3.05) is 24.3 Å². The number of pyridine rings is 1. The average Bonchev–Trinajstić information content (AvgIpc) is 2.65. The number of benzene rings is 1. The molecular weight excluding hydrogens is 379 g/mol. The highest BCUT2D eigenvalue weighted by molar-refractivity contribution is 6.31. The van der Waals surface area contributed by atoms with Crippen molar-refractivity contribution in [3.05, 3.63) is 52.4 Å². The molecule has 150 valence electrons. The van der Waals surface area contributed by atoms with Crippen LogP contribution < -0.4 is 15.5 Å². The van der Waals surface area contributed by atoms with Crippen LogP contribution in [-0.2, 0) is 0 Å². The fraction of sp³-hybridized carbons (Fsp3) is 0.429. The van der Waals surface area contributed by atoms with Gasteiger partial charge in [-0.1, -0.05) is 11.6 Å². The molecule has 3 rings (SSSR count). The maximum atomic E-state index is 13.3. The van der Waals surface area contributed by atoms with E-state index in [0.29, 0.717) is 11.6 Å². The van der Waals surface area contributed by atoms with Gasteiger partial charge >= 0.3 is 0 Å². The number of anilines is 2. The van der Waals surface area contributed by atoms with Crippen molar-refractivity contribution in [3.8, 4) is 0 Å². The van der Waals surface area contributed by atoms with E-state index < -0.39 is 5.82 Å². The molecule has 0 radical (unpaired) electrons. The fourth-order valence-electron chi connectivity index (χ4n) is 3.48. The summed E-state index contributed by atoms with van der Waals surface area (Å²) in [7, 11) is 4.03. The third kappa shape index (κ3) is 5.13. The lowest BCUT2D eigenvalue weighted by atomic mass is 9.91. The molecule has 2 N–H and O–H groups in total. The summed E-state index contributed by atoms with van der Waals surface area (Å²) in [5.74, 6) is 0.151. The normalized spacial score (nSPS) is 19.2. The van der Waals surface area contributed by atoms with Crippen LogP contribution in [0.5, 0.6) is 0 Å². The maximum Gasteiger partial charge on any atom is 0.251 e. The highest BCUT2D eigenvalue weighted by Gasteiger charge is 2.23. The van der Waals surface area contributed by atoms with Crippen molar-refractivity contribution in [1.82, 2.24) is 10.3 Å². The number of amides is 1. The van der Waals surface area contributed by atoms with Crippen molar-refractivity contribution >= 4 is 29.0 Å². The molecular formula is C21H26ClFN4O. The minimum atomic E-state index is -0.521. The molecule has 0 unspecified atom stereocenters. The first-order valence-corrected chi connectivity index (χ1v) is 9.88. The van der Waals surface area contributed by atoms with Crippen LogP contribution in [0.2, 0.25) is 5.02 Å². The number of nitrogens with zero attached hydrogens (tertiary/aromatic N) is 2. The Morgan fingerprint density at radius 2 is 1.82 bits per heavy atom. The van der Waals surface area contributed by atoms with E-state index in [0.717, 1.165) is 42.9 Å². The number of hydrogen-bond donors (Lipinski definition) is 2. The van der Waals surface area contributed by atoms with Crippen LogP contribution in [-0.4, -0.2) is 37.1 Å². The molecule has 0 spiro atoms. The number of carbonyl (C=O) groups excluding carboxylic acids is 1. The predicted molar refractivity (Wildman–Crippen MR) is 112 cm³/mol. The summed E-state index contributed by atoms with van der Waals surface area (Å²) in [6.07, 6.45) is 3.65. The largest absolute Gasteiger partial charge is 0.377 e. The lowest BCUT2D eigenvalue weighted by molar-refractivity contribution is 0.0926. The average molecular weight is 405 g/mol. The number of nitrogens with one attached hydrogen (secondary N) is 2. The van der Waals surface area contributed by atoms with Gasteiger partial charge in [0.15, 0.2) is 0 Å². The maximum absolute atomic E-state index is 13.3. The molecule has 1 amide bonds. The zero-order chi connectivity index (χ0) is 20.3. The van der Waals surface area contributed by atoms with Crippen molar-refractivity contribution in [3.63, 3.8) is 0 Å². The van der Waals surface area contributed by atoms with Crippen LogP contribution in [0.1, 0.15) is 41.7 Å². The molecule has 28 heavy (non-hydrogen) atoms. The minimum absolute atomic E-state index is 0.0386. The van der Waals surface area contributed by atoms with Crippen molar-refractivity contribution < 1.29 is 9.18 Å². The highest BCUT2D eigenvalue weighted by Crippen LogP contribution is 2.24. The SMILES string of the molecule is Cc1cc(N(C)C)cc(NC2CCC(NC(=O)c3ccc(F)c(Cl)c3)CC2)n1. The summed E-state index contributed by atoms with van der Waals surface area (Å²) >= 11 is 5.77. The van der Waals surface area contributed by atoms with E-state index in [2.05, 4.69) is 32.7 Å². The van der Waals surface area contributed by atoms with E-state index in [-0.39, 0.29) is 17.0 Å². The van der Waals surface area contributed by atoms with Gasteiger partial charge in [0.1, 0.15) is 11.6 Å². The number of hydrogen-bond acceptors (Lipinski definition) is 4. The summed E-state index contributed by atoms with van der Waals surface area (Å²) in [4.78, 5) is 19.0. The lowest BCUT2D eigenvalue weighted by Gasteiger charge is -2.30. The van der Waals surface area contributed by atoms with Gasteiger partial charge in [-0.2, -0.15) is 0 Å². The standard InChI is InChI=1S/C21H26ClFN4O/c1-13-10-17(27(2)3)12-20(24-13)25-15-5-7-16(8-6-15)26-21(28)14-4-9-19(23)18(22)11-14/h4,9-12,15-16H,5-8H2,1-3H3,(H,24,25)(H,26,28). The first kappa shape index (κ1) is 20.4. The van der Waals surface area contributed by atoms with Gasteiger partial charge in [-0.15, -0.1) is 0 Å². The summed E-state index contributed by atoms with van der Waals surface area (Å²) in [6, 6.07) is 8.59. The Hall–Kier alpha value is -2.34. The predicted octanol–water partition coefficient (Wildman–Crippen LogP) is 4.40. The Morgan fingerprint density at radius 3 is 2.46 bits per heavy atom. The Bertz CT molecular complexity index is 850. The molecule has 1 heterocycles. The summed E-state index contributed by atoms with van der Waals surface area (Å²) < 4.78 is 13.3. The van der Waals surface area contributed by atoms with E-state index in [4.69, 9.17) is 11.6 Å². The fourth-order valence-corrected chi connectivity index (χ4v) is 3.66. The molecule has 1 saturated carbocycles. The van der Waals surface area contributed by atoms with Gasteiger partial charge in [0, 0.05) is 49.2 Å². The van der Waals surface area contributed by atoms with Crippen molar-refractivity contribution in [1.29, 1.82) is 0 Å². The zero-order valence-electron chi connectivity index (χ0n) is 16.4. The zero-order valence-corrected chi connectivity index (χ0v) is 17.2. The molecule has 0 saturated heterocycles. The second kappa shape index (κ2) is 8.78. The smallest absolute Gasteiger partial charge is 0.251 e. The first-order chi connectivity index (χ1) is 13.3.